The molecule has 0 bridgehead atoms. The van der Waals surface area contributed by atoms with Crippen molar-refractivity contribution in [1.82, 2.24) is 25.2 Å². The summed E-state index contributed by atoms with van der Waals surface area (Å²) in [6, 6.07) is 19.1. The maximum Gasteiger partial charge on any atom is 0.255 e. The standard InChI is InChI=1S/C37H34N6O6S/c44-34-12-10-31(35(45)42-34)43-21-24-17-26(5-7-28(24)37(43)46)48-15-13-47-14-16-49-27-6-9-30-32(18-27)50-36(41-30)23-1-8-29(38-20-23)22-2-11-33(39-19-22)40-25-3-4-25/h1-2,5-9,11,17-20,25,31H,3-4,10,12-16,21H2,(H,39,40)(H,42,44,45). The van der Waals surface area contributed by atoms with Gasteiger partial charge in [-0.1, -0.05) is 0 Å². The molecule has 0 radical (unpaired) electrons. The fourth-order valence-electron chi connectivity index (χ4n) is 6.06. The van der Waals surface area contributed by atoms with Crippen molar-refractivity contribution in [3.63, 3.8) is 0 Å². The summed E-state index contributed by atoms with van der Waals surface area (Å²) in [6.45, 7) is 1.77. The average molecular weight is 691 g/mol. The first-order valence-corrected chi connectivity index (χ1v) is 17.5. The summed E-state index contributed by atoms with van der Waals surface area (Å²) in [5, 5.41) is 6.62. The molecule has 254 valence electrons. The van der Waals surface area contributed by atoms with Crippen LogP contribution >= 0.6 is 11.3 Å². The Kier molecular flexibility index (Phi) is 8.82. The number of hydrogen-bond acceptors (Lipinski definition) is 11. The smallest absolute Gasteiger partial charge is 0.255 e. The average Bonchev–Trinajstić information content (AvgIpc) is 3.75. The van der Waals surface area contributed by atoms with E-state index in [1.807, 2.05) is 60.9 Å². The predicted molar refractivity (Wildman–Crippen MR) is 187 cm³/mol. The Hall–Kier alpha value is -5.40. The largest absolute Gasteiger partial charge is 0.491 e. The summed E-state index contributed by atoms with van der Waals surface area (Å²) in [7, 11) is 0. The van der Waals surface area contributed by atoms with Crippen LogP contribution in [0.3, 0.4) is 0 Å². The lowest BCUT2D eigenvalue weighted by Gasteiger charge is -2.29. The molecule has 50 heavy (non-hydrogen) atoms. The predicted octanol–water partition coefficient (Wildman–Crippen LogP) is 5.23. The molecule has 5 aromatic rings. The highest BCUT2D eigenvalue weighted by atomic mass is 32.1. The summed E-state index contributed by atoms with van der Waals surface area (Å²) in [5.74, 6) is 1.33. The fourth-order valence-corrected chi connectivity index (χ4v) is 7.04. The third-order valence-corrected chi connectivity index (χ3v) is 9.91. The van der Waals surface area contributed by atoms with Gasteiger partial charge in [0.05, 0.1) is 29.1 Å². The van der Waals surface area contributed by atoms with Crippen molar-refractivity contribution in [2.75, 3.05) is 31.7 Å². The number of hydrogen-bond donors (Lipinski definition) is 2. The SMILES string of the molecule is O=C1CCC(N2Cc3cc(OCCOCCOc4ccc5nc(-c6ccc(-c7ccc(NC8CC8)nc7)nc6)sc5c4)ccc3C2=O)C(=O)N1. The zero-order valence-electron chi connectivity index (χ0n) is 27.1. The van der Waals surface area contributed by atoms with Crippen LogP contribution in [0.4, 0.5) is 5.82 Å². The van der Waals surface area contributed by atoms with Crippen molar-refractivity contribution in [2.24, 2.45) is 0 Å². The van der Waals surface area contributed by atoms with Gasteiger partial charge < -0.3 is 24.4 Å². The summed E-state index contributed by atoms with van der Waals surface area (Å²) in [6.07, 6.45) is 6.68. The third-order valence-electron chi connectivity index (χ3n) is 8.85. The van der Waals surface area contributed by atoms with Crippen molar-refractivity contribution >= 4 is 45.1 Å². The summed E-state index contributed by atoms with van der Waals surface area (Å²) >= 11 is 1.59. The minimum absolute atomic E-state index is 0.209. The number of imide groups is 1. The van der Waals surface area contributed by atoms with Crippen LogP contribution in [0.15, 0.2) is 73.1 Å². The van der Waals surface area contributed by atoms with Crippen LogP contribution in [0.5, 0.6) is 11.5 Å². The second kappa shape index (κ2) is 13.8. The van der Waals surface area contributed by atoms with Gasteiger partial charge in [-0.15, -0.1) is 11.3 Å². The topological polar surface area (TPSA) is 145 Å². The lowest BCUT2D eigenvalue weighted by atomic mass is 10.0. The number of carbonyl (C=O) groups is 3. The van der Waals surface area contributed by atoms with Gasteiger partial charge in [0.25, 0.3) is 5.91 Å². The molecule has 3 amide bonds. The molecule has 0 spiro atoms. The van der Waals surface area contributed by atoms with Crippen LogP contribution in [-0.2, 0) is 20.9 Å². The van der Waals surface area contributed by atoms with Crippen molar-refractivity contribution in [3.05, 3.63) is 84.2 Å². The monoisotopic (exact) mass is 690 g/mol. The molecule has 5 heterocycles. The van der Waals surface area contributed by atoms with E-state index in [1.54, 1.807) is 23.5 Å². The van der Waals surface area contributed by atoms with Gasteiger partial charge in [-0.3, -0.25) is 24.7 Å². The molecular weight excluding hydrogens is 657 g/mol. The molecular formula is C37H34N6O6S. The van der Waals surface area contributed by atoms with Crippen molar-refractivity contribution in [1.29, 1.82) is 0 Å². The van der Waals surface area contributed by atoms with Gasteiger partial charge in [0.15, 0.2) is 0 Å². The zero-order valence-corrected chi connectivity index (χ0v) is 27.9. The molecule has 1 saturated heterocycles. The molecule has 2 aromatic carbocycles. The molecule has 2 N–H and O–H groups in total. The summed E-state index contributed by atoms with van der Waals surface area (Å²) in [4.78, 5) is 52.2. The van der Waals surface area contributed by atoms with Crippen molar-refractivity contribution in [2.45, 2.75) is 44.3 Å². The summed E-state index contributed by atoms with van der Waals surface area (Å²) < 4.78 is 18.5. The normalized spacial score (nSPS) is 17.2. The number of anilines is 1. The van der Waals surface area contributed by atoms with Gasteiger partial charge in [-0.05, 0) is 85.5 Å². The van der Waals surface area contributed by atoms with Crippen LogP contribution in [0.25, 0.3) is 32.0 Å². The van der Waals surface area contributed by atoms with Crippen LogP contribution in [-0.4, -0.2) is 76.1 Å². The second-order valence-corrected chi connectivity index (χ2v) is 13.5. The highest BCUT2D eigenvalue weighted by Gasteiger charge is 2.39. The number of thiazole rings is 1. The molecule has 2 fully saturated rings. The van der Waals surface area contributed by atoms with Gasteiger partial charge in [-0.2, -0.15) is 0 Å². The van der Waals surface area contributed by atoms with Gasteiger partial charge in [-0.25, -0.2) is 9.97 Å². The first-order chi connectivity index (χ1) is 24.5. The second-order valence-electron chi connectivity index (χ2n) is 12.5. The van der Waals surface area contributed by atoms with E-state index < -0.39 is 11.9 Å². The number of pyridine rings is 2. The molecule has 12 nitrogen and oxygen atoms in total. The molecule has 13 heteroatoms. The van der Waals surface area contributed by atoms with E-state index in [0.29, 0.717) is 56.7 Å². The van der Waals surface area contributed by atoms with Gasteiger partial charge in [0, 0.05) is 48.1 Å². The third kappa shape index (κ3) is 7.00. The number of carbonyl (C=O) groups excluding carboxylic acids is 3. The molecule has 3 aromatic heterocycles. The number of aromatic nitrogens is 3. The zero-order chi connectivity index (χ0) is 34.0. The Morgan fingerprint density at radius 1 is 0.840 bits per heavy atom. The molecule has 3 aliphatic rings. The molecule has 1 unspecified atom stereocenters. The minimum atomic E-state index is -0.642. The Bertz CT molecular complexity index is 2060. The lowest BCUT2D eigenvalue weighted by molar-refractivity contribution is -0.136. The number of ether oxygens (including phenoxy) is 3. The number of rotatable bonds is 13. The van der Waals surface area contributed by atoms with Crippen LogP contribution < -0.4 is 20.1 Å². The van der Waals surface area contributed by atoms with Crippen LogP contribution in [0.1, 0.15) is 41.6 Å². The maximum absolute atomic E-state index is 12.9. The van der Waals surface area contributed by atoms with Gasteiger partial charge in [0.2, 0.25) is 11.8 Å². The molecule has 1 atom stereocenters. The van der Waals surface area contributed by atoms with E-state index in [4.69, 9.17) is 19.2 Å². The number of piperidine rings is 1. The number of nitrogens with zero attached hydrogens (tertiary/aromatic N) is 4. The Balaban J connectivity index is 0.777. The first-order valence-electron chi connectivity index (χ1n) is 16.7. The number of fused-ring (bicyclic) bond motifs is 2. The fraction of sp³-hybridized carbons (Fsp3) is 0.297. The van der Waals surface area contributed by atoms with E-state index in [9.17, 15) is 14.4 Å². The van der Waals surface area contributed by atoms with Crippen molar-refractivity contribution in [3.8, 4) is 33.3 Å². The summed E-state index contributed by atoms with van der Waals surface area (Å²) in [5.41, 5.74) is 5.03. The van der Waals surface area contributed by atoms with E-state index >= 15 is 0 Å². The van der Waals surface area contributed by atoms with Crippen molar-refractivity contribution < 1.29 is 28.6 Å². The minimum Gasteiger partial charge on any atom is -0.491 e. The first kappa shape index (κ1) is 31.8. The molecule has 8 rings (SSSR count). The molecule has 2 aliphatic heterocycles. The molecule has 1 saturated carbocycles. The van der Waals surface area contributed by atoms with Gasteiger partial charge in [0.1, 0.15) is 41.6 Å². The van der Waals surface area contributed by atoms with E-state index in [0.717, 1.165) is 49.2 Å². The highest BCUT2D eigenvalue weighted by Crippen LogP contribution is 2.33. The lowest BCUT2D eigenvalue weighted by Crippen LogP contribution is -2.52. The number of benzene rings is 2. The number of amides is 3. The number of nitrogens with one attached hydrogen (secondary N) is 2. The van der Waals surface area contributed by atoms with E-state index in [1.165, 1.54) is 17.7 Å². The van der Waals surface area contributed by atoms with Crippen LogP contribution in [0.2, 0.25) is 0 Å². The molecule has 1 aliphatic carbocycles. The Labute approximate surface area is 291 Å². The van der Waals surface area contributed by atoms with Gasteiger partial charge >= 0.3 is 0 Å². The quantitative estimate of drug-likeness (QED) is 0.125. The Morgan fingerprint density at radius 3 is 2.36 bits per heavy atom. The van der Waals surface area contributed by atoms with Crippen LogP contribution in [0, 0.1) is 0 Å². The van der Waals surface area contributed by atoms with E-state index in [-0.39, 0.29) is 18.2 Å². The maximum atomic E-state index is 12.9. The highest BCUT2D eigenvalue weighted by molar-refractivity contribution is 7.21. The van der Waals surface area contributed by atoms with E-state index in [2.05, 4.69) is 20.6 Å². The Morgan fingerprint density at radius 2 is 1.62 bits per heavy atom.